The molecule has 0 fully saturated rings. The third-order valence-electron chi connectivity index (χ3n) is 4.39. The number of amides is 2. The summed E-state index contributed by atoms with van der Waals surface area (Å²) < 4.78 is 5.30. The van der Waals surface area contributed by atoms with Gasteiger partial charge in [-0.05, 0) is 62.0 Å². The highest BCUT2D eigenvalue weighted by atomic mass is 32.1. The first kappa shape index (κ1) is 21.3. The number of carbonyl (C=O) groups is 3. The Labute approximate surface area is 178 Å². The summed E-state index contributed by atoms with van der Waals surface area (Å²) in [4.78, 5) is 37.6. The second-order valence-corrected chi connectivity index (χ2v) is 7.82. The molecule has 1 atom stereocenters. The summed E-state index contributed by atoms with van der Waals surface area (Å²) in [5.74, 6) is -1.32. The van der Waals surface area contributed by atoms with Crippen LogP contribution >= 0.6 is 11.3 Å². The van der Waals surface area contributed by atoms with Crippen molar-refractivity contribution in [3.05, 3.63) is 81.5 Å². The van der Waals surface area contributed by atoms with Crippen molar-refractivity contribution in [2.24, 2.45) is 0 Å². The molecule has 0 spiro atoms. The highest BCUT2D eigenvalue weighted by molar-refractivity contribution is 7.12. The van der Waals surface area contributed by atoms with Crippen LogP contribution in [0.2, 0.25) is 0 Å². The highest BCUT2D eigenvalue weighted by Gasteiger charge is 2.20. The summed E-state index contributed by atoms with van der Waals surface area (Å²) >= 11 is 1.33. The van der Waals surface area contributed by atoms with E-state index in [0.29, 0.717) is 16.3 Å². The highest BCUT2D eigenvalue weighted by Crippen LogP contribution is 2.18. The van der Waals surface area contributed by atoms with Crippen LogP contribution in [0.25, 0.3) is 0 Å². The van der Waals surface area contributed by atoms with E-state index >= 15 is 0 Å². The van der Waals surface area contributed by atoms with Crippen LogP contribution in [0, 0.1) is 13.8 Å². The summed E-state index contributed by atoms with van der Waals surface area (Å²) in [6, 6.07) is 15.6. The molecule has 7 heteroatoms. The molecule has 30 heavy (non-hydrogen) atoms. The van der Waals surface area contributed by atoms with Crippen LogP contribution in [0.1, 0.15) is 38.1 Å². The van der Waals surface area contributed by atoms with Crippen LogP contribution in [0.15, 0.2) is 60.0 Å². The van der Waals surface area contributed by atoms with E-state index in [4.69, 9.17) is 4.74 Å². The van der Waals surface area contributed by atoms with Gasteiger partial charge in [0, 0.05) is 11.4 Å². The number of aryl methyl sites for hydroxylation is 2. The minimum absolute atomic E-state index is 0.241. The molecule has 3 rings (SSSR count). The van der Waals surface area contributed by atoms with E-state index in [2.05, 4.69) is 10.6 Å². The fourth-order valence-electron chi connectivity index (χ4n) is 2.79. The zero-order valence-electron chi connectivity index (χ0n) is 16.9. The van der Waals surface area contributed by atoms with Gasteiger partial charge in [0.15, 0.2) is 6.10 Å². The molecular weight excluding hydrogens is 400 g/mol. The normalized spacial score (nSPS) is 11.4. The average Bonchev–Trinajstić information content (AvgIpc) is 3.25. The van der Waals surface area contributed by atoms with Crippen LogP contribution in [0.5, 0.6) is 0 Å². The summed E-state index contributed by atoms with van der Waals surface area (Å²) in [5, 5.41) is 7.33. The summed E-state index contributed by atoms with van der Waals surface area (Å²) in [5.41, 5.74) is 3.40. The van der Waals surface area contributed by atoms with E-state index in [9.17, 15) is 14.4 Å². The molecule has 0 saturated heterocycles. The maximum Gasteiger partial charge on any atom is 0.338 e. The van der Waals surface area contributed by atoms with E-state index < -0.39 is 18.0 Å². The minimum Gasteiger partial charge on any atom is -0.449 e. The largest absolute Gasteiger partial charge is 0.449 e. The Kier molecular flexibility index (Phi) is 6.64. The van der Waals surface area contributed by atoms with Crippen LogP contribution < -0.4 is 10.6 Å². The van der Waals surface area contributed by atoms with Gasteiger partial charge in [-0.3, -0.25) is 9.59 Å². The van der Waals surface area contributed by atoms with Crippen molar-refractivity contribution < 1.29 is 19.1 Å². The zero-order chi connectivity index (χ0) is 21.7. The SMILES string of the molecule is Cc1ccc(NC(=O)C(C)OC(=O)c2cccc(NC(=O)c3cccs3)c2)c(C)c1. The number of rotatable bonds is 6. The third kappa shape index (κ3) is 5.33. The molecule has 0 aliphatic heterocycles. The van der Waals surface area contributed by atoms with Crippen LogP contribution in [0.3, 0.4) is 0 Å². The number of hydrogen-bond acceptors (Lipinski definition) is 5. The number of thiophene rings is 1. The van der Waals surface area contributed by atoms with E-state index in [1.165, 1.54) is 24.3 Å². The maximum atomic E-state index is 12.5. The number of benzene rings is 2. The van der Waals surface area contributed by atoms with Crippen LogP contribution in [-0.4, -0.2) is 23.9 Å². The molecule has 2 aromatic carbocycles. The Morgan fingerprint density at radius 3 is 2.47 bits per heavy atom. The Bertz CT molecular complexity index is 1080. The maximum absolute atomic E-state index is 12.5. The van der Waals surface area contributed by atoms with Gasteiger partial charge in [0.25, 0.3) is 11.8 Å². The molecule has 1 unspecified atom stereocenters. The van der Waals surface area contributed by atoms with Crippen molar-refractivity contribution in [2.75, 3.05) is 10.6 Å². The lowest BCUT2D eigenvalue weighted by Crippen LogP contribution is -2.30. The Morgan fingerprint density at radius 1 is 0.967 bits per heavy atom. The van der Waals surface area contributed by atoms with Crippen molar-refractivity contribution >= 4 is 40.5 Å². The monoisotopic (exact) mass is 422 g/mol. The van der Waals surface area contributed by atoms with Crippen LogP contribution in [0.4, 0.5) is 11.4 Å². The molecule has 2 N–H and O–H groups in total. The number of anilines is 2. The lowest BCUT2D eigenvalue weighted by atomic mass is 10.1. The van der Waals surface area contributed by atoms with Gasteiger partial charge in [0.2, 0.25) is 0 Å². The van der Waals surface area contributed by atoms with E-state index in [-0.39, 0.29) is 11.5 Å². The first-order chi connectivity index (χ1) is 14.3. The Morgan fingerprint density at radius 2 is 1.77 bits per heavy atom. The minimum atomic E-state index is -0.984. The number of ether oxygens (including phenoxy) is 1. The lowest BCUT2D eigenvalue weighted by Gasteiger charge is -2.15. The standard InChI is InChI=1S/C23H22N2O4S/c1-14-9-10-19(15(2)12-14)25-21(26)16(3)29-23(28)17-6-4-7-18(13-17)24-22(27)20-8-5-11-30-20/h4-13,16H,1-3H3,(H,24,27)(H,25,26). The molecule has 3 aromatic rings. The molecule has 1 heterocycles. The quantitative estimate of drug-likeness (QED) is 0.559. The van der Waals surface area contributed by atoms with Crippen molar-refractivity contribution in [3.63, 3.8) is 0 Å². The lowest BCUT2D eigenvalue weighted by molar-refractivity contribution is -0.123. The molecule has 0 aliphatic carbocycles. The van der Waals surface area contributed by atoms with E-state index in [0.717, 1.165) is 11.1 Å². The van der Waals surface area contributed by atoms with Crippen molar-refractivity contribution in [3.8, 4) is 0 Å². The molecule has 154 valence electrons. The molecule has 0 saturated carbocycles. The fourth-order valence-corrected chi connectivity index (χ4v) is 3.41. The van der Waals surface area contributed by atoms with Crippen LogP contribution in [-0.2, 0) is 9.53 Å². The topological polar surface area (TPSA) is 84.5 Å². The van der Waals surface area contributed by atoms with Gasteiger partial charge in [-0.25, -0.2) is 4.79 Å². The zero-order valence-corrected chi connectivity index (χ0v) is 17.7. The molecular formula is C23H22N2O4S. The number of carbonyl (C=O) groups excluding carboxylic acids is 3. The first-order valence-electron chi connectivity index (χ1n) is 9.37. The molecule has 1 aromatic heterocycles. The van der Waals surface area contributed by atoms with Gasteiger partial charge in [0.1, 0.15) is 0 Å². The predicted octanol–water partition coefficient (Wildman–Crippen LogP) is 4.80. The molecule has 0 radical (unpaired) electrons. The molecule has 0 bridgehead atoms. The average molecular weight is 423 g/mol. The second kappa shape index (κ2) is 9.37. The molecule has 2 amide bonds. The predicted molar refractivity (Wildman–Crippen MR) is 118 cm³/mol. The van der Waals surface area contributed by atoms with Gasteiger partial charge >= 0.3 is 5.97 Å². The number of hydrogen-bond donors (Lipinski definition) is 2. The van der Waals surface area contributed by atoms with Gasteiger partial charge in [-0.2, -0.15) is 0 Å². The second-order valence-electron chi connectivity index (χ2n) is 6.87. The number of nitrogens with one attached hydrogen (secondary N) is 2. The van der Waals surface area contributed by atoms with Gasteiger partial charge in [-0.15, -0.1) is 11.3 Å². The van der Waals surface area contributed by atoms with Crippen molar-refractivity contribution in [1.29, 1.82) is 0 Å². The van der Waals surface area contributed by atoms with Crippen molar-refractivity contribution in [1.82, 2.24) is 0 Å². The van der Waals surface area contributed by atoms with Gasteiger partial charge < -0.3 is 15.4 Å². The van der Waals surface area contributed by atoms with E-state index in [1.807, 2.05) is 37.4 Å². The summed E-state index contributed by atoms with van der Waals surface area (Å²) in [7, 11) is 0. The third-order valence-corrected chi connectivity index (χ3v) is 5.26. The number of esters is 1. The van der Waals surface area contributed by atoms with Gasteiger partial charge in [-0.1, -0.05) is 29.8 Å². The fraction of sp³-hybridized carbons (Fsp3) is 0.174. The van der Waals surface area contributed by atoms with Crippen molar-refractivity contribution in [2.45, 2.75) is 26.9 Å². The summed E-state index contributed by atoms with van der Waals surface area (Å²) in [6.45, 7) is 5.38. The Hall–Kier alpha value is -3.45. The Balaban J connectivity index is 1.62. The molecule has 6 nitrogen and oxygen atoms in total. The summed E-state index contributed by atoms with van der Waals surface area (Å²) in [6.07, 6.45) is -0.984. The molecule has 0 aliphatic rings. The van der Waals surface area contributed by atoms with Gasteiger partial charge in [0.05, 0.1) is 10.4 Å². The smallest absolute Gasteiger partial charge is 0.338 e. The first-order valence-corrected chi connectivity index (χ1v) is 10.3. The van der Waals surface area contributed by atoms with E-state index in [1.54, 1.807) is 30.3 Å².